The number of piperidine rings is 1. The fourth-order valence-electron chi connectivity index (χ4n) is 3.82. The Morgan fingerprint density at radius 2 is 2.08 bits per heavy atom. The van der Waals surface area contributed by atoms with E-state index in [0.717, 1.165) is 46.8 Å². The van der Waals surface area contributed by atoms with Crippen LogP contribution in [0.2, 0.25) is 0 Å². The van der Waals surface area contributed by atoms with E-state index in [-0.39, 0.29) is 18.6 Å². The largest absolute Gasteiger partial charge is 0.513 e. The van der Waals surface area contributed by atoms with E-state index in [0.29, 0.717) is 17.9 Å². The van der Waals surface area contributed by atoms with Crippen molar-refractivity contribution in [1.29, 1.82) is 0 Å². The standard InChI is InChI=1S/C20H24BrNO4/c1-4-13-10-12(3)11-14(21)16(13)17-18(26-20(24)25-5-2)15-8-6-7-9-22(15)19(17)23/h10-11,15H,4-9H2,1-3H3. The van der Waals surface area contributed by atoms with E-state index in [1.54, 1.807) is 6.92 Å². The maximum Gasteiger partial charge on any atom is 0.513 e. The second-order valence-corrected chi connectivity index (χ2v) is 7.52. The minimum Gasteiger partial charge on any atom is -0.434 e. The number of hydrogen-bond donors (Lipinski definition) is 0. The minimum atomic E-state index is -0.749. The van der Waals surface area contributed by atoms with Gasteiger partial charge in [-0.1, -0.05) is 28.9 Å². The van der Waals surface area contributed by atoms with Gasteiger partial charge in [0.05, 0.1) is 18.2 Å². The van der Waals surface area contributed by atoms with E-state index in [2.05, 4.69) is 28.9 Å². The number of hydrogen-bond acceptors (Lipinski definition) is 4. The Morgan fingerprint density at radius 3 is 2.77 bits per heavy atom. The van der Waals surface area contributed by atoms with Gasteiger partial charge < -0.3 is 14.4 Å². The van der Waals surface area contributed by atoms with Crippen LogP contribution < -0.4 is 0 Å². The Labute approximate surface area is 162 Å². The summed E-state index contributed by atoms with van der Waals surface area (Å²) in [4.78, 5) is 27.1. The van der Waals surface area contributed by atoms with E-state index in [9.17, 15) is 9.59 Å². The number of carbonyl (C=O) groups excluding carboxylic acids is 2. The van der Waals surface area contributed by atoms with Crippen molar-refractivity contribution in [3.8, 4) is 0 Å². The fraction of sp³-hybridized carbons (Fsp3) is 0.500. The maximum atomic E-state index is 13.2. The third-order valence-corrected chi connectivity index (χ3v) is 5.55. The molecule has 0 spiro atoms. The molecule has 0 saturated carbocycles. The summed E-state index contributed by atoms with van der Waals surface area (Å²) >= 11 is 3.62. The number of rotatable bonds is 4. The number of fused-ring (bicyclic) bond motifs is 1. The van der Waals surface area contributed by atoms with E-state index in [4.69, 9.17) is 9.47 Å². The quantitative estimate of drug-likeness (QED) is 0.666. The molecule has 6 heteroatoms. The van der Waals surface area contributed by atoms with Gasteiger partial charge in [0, 0.05) is 16.6 Å². The molecule has 1 saturated heterocycles. The molecule has 2 heterocycles. The molecule has 1 fully saturated rings. The lowest BCUT2D eigenvalue weighted by Gasteiger charge is -2.30. The lowest BCUT2D eigenvalue weighted by atomic mass is 9.95. The summed E-state index contributed by atoms with van der Waals surface area (Å²) in [5, 5.41) is 0. The molecule has 1 amide bonds. The number of ether oxygens (including phenoxy) is 2. The van der Waals surface area contributed by atoms with E-state index in [1.807, 2.05) is 17.9 Å². The lowest BCUT2D eigenvalue weighted by Crippen LogP contribution is -2.40. The van der Waals surface area contributed by atoms with E-state index in [1.165, 1.54) is 0 Å². The summed E-state index contributed by atoms with van der Waals surface area (Å²) in [5.74, 6) is 0.376. The van der Waals surface area contributed by atoms with Crippen LogP contribution in [0, 0.1) is 6.92 Å². The third-order valence-electron chi connectivity index (χ3n) is 4.93. The van der Waals surface area contributed by atoms with E-state index < -0.39 is 6.16 Å². The van der Waals surface area contributed by atoms with Crippen molar-refractivity contribution < 1.29 is 19.1 Å². The lowest BCUT2D eigenvalue weighted by molar-refractivity contribution is -0.126. The molecule has 0 N–H and O–H groups in total. The van der Waals surface area contributed by atoms with Gasteiger partial charge in [-0.2, -0.15) is 0 Å². The summed E-state index contributed by atoms with van der Waals surface area (Å²) in [6.07, 6.45) is 2.81. The van der Waals surface area contributed by atoms with Crippen LogP contribution in [-0.4, -0.2) is 36.2 Å². The Bertz CT molecular complexity index is 771. The molecule has 26 heavy (non-hydrogen) atoms. The highest BCUT2D eigenvalue weighted by atomic mass is 79.9. The normalized spacial score (nSPS) is 19.6. The van der Waals surface area contributed by atoms with Gasteiger partial charge in [0.25, 0.3) is 5.91 Å². The number of carbonyl (C=O) groups is 2. The van der Waals surface area contributed by atoms with E-state index >= 15 is 0 Å². The molecule has 1 aromatic carbocycles. The van der Waals surface area contributed by atoms with Crippen molar-refractivity contribution in [1.82, 2.24) is 4.90 Å². The van der Waals surface area contributed by atoms with Crippen LogP contribution in [0.5, 0.6) is 0 Å². The number of amides is 1. The van der Waals surface area contributed by atoms with Crippen LogP contribution in [0.25, 0.3) is 5.57 Å². The fourth-order valence-corrected chi connectivity index (χ4v) is 4.64. The summed E-state index contributed by atoms with van der Waals surface area (Å²) in [6.45, 7) is 6.74. The van der Waals surface area contributed by atoms with Gasteiger partial charge >= 0.3 is 6.16 Å². The molecule has 0 radical (unpaired) electrons. The highest BCUT2D eigenvalue weighted by Gasteiger charge is 2.44. The smallest absolute Gasteiger partial charge is 0.434 e. The monoisotopic (exact) mass is 421 g/mol. The van der Waals surface area contributed by atoms with Gasteiger partial charge in [0.15, 0.2) is 0 Å². The SMILES string of the molecule is CCOC(=O)OC1=C(c2c(Br)cc(C)cc2CC)C(=O)N2CCCCC12. The Kier molecular flexibility index (Phi) is 5.70. The van der Waals surface area contributed by atoms with Gasteiger partial charge in [-0.15, -0.1) is 0 Å². The molecule has 2 aliphatic heterocycles. The molecule has 3 rings (SSSR count). The van der Waals surface area contributed by atoms with Crippen LogP contribution in [0.15, 0.2) is 22.4 Å². The molecule has 5 nitrogen and oxygen atoms in total. The van der Waals surface area contributed by atoms with Gasteiger partial charge in [-0.25, -0.2) is 4.79 Å². The van der Waals surface area contributed by atoms with Gasteiger partial charge in [0.1, 0.15) is 5.76 Å². The highest BCUT2D eigenvalue weighted by molar-refractivity contribution is 9.10. The van der Waals surface area contributed by atoms with Gasteiger partial charge in [-0.05, 0) is 56.7 Å². The first-order valence-electron chi connectivity index (χ1n) is 9.17. The topological polar surface area (TPSA) is 55.8 Å². The van der Waals surface area contributed by atoms with Crippen molar-refractivity contribution in [3.63, 3.8) is 0 Å². The summed E-state index contributed by atoms with van der Waals surface area (Å²) < 4.78 is 11.4. The molecular weight excluding hydrogens is 398 g/mol. The van der Waals surface area contributed by atoms with Crippen LogP contribution in [0.1, 0.15) is 49.8 Å². The summed E-state index contributed by atoms with van der Waals surface area (Å²) in [7, 11) is 0. The van der Waals surface area contributed by atoms with Crippen molar-refractivity contribution >= 4 is 33.6 Å². The predicted molar refractivity (Wildman–Crippen MR) is 103 cm³/mol. The first-order chi connectivity index (χ1) is 12.5. The molecule has 1 aromatic rings. The van der Waals surface area contributed by atoms with Crippen LogP contribution in [0.3, 0.4) is 0 Å². The molecule has 2 aliphatic rings. The summed E-state index contributed by atoms with van der Waals surface area (Å²) in [6, 6.07) is 3.89. The Balaban J connectivity index is 2.15. The van der Waals surface area contributed by atoms with Gasteiger partial charge in [0.2, 0.25) is 0 Å². The molecular formula is C20H24BrNO4. The molecule has 0 aliphatic carbocycles. The highest BCUT2D eigenvalue weighted by Crippen LogP contribution is 2.42. The van der Waals surface area contributed by atoms with Crippen molar-refractivity contribution in [2.75, 3.05) is 13.2 Å². The number of halogens is 1. The first-order valence-corrected chi connectivity index (χ1v) is 9.96. The number of benzene rings is 1. The molecule has 0 bridgehead atoms. The first kappa shape index (κ1) is 19.0. The average molecular weight is 422 g/mol. The molecule has 140 valence electrons. The molecule has 0 aromatic heterocycles. The van der Waals surface area contributed by atoms with Crippen LogP contribution in [0.4, 0.5) is 4.79 Å². The number of aryl methyl sites for hydroxylation is 2. The second-order valence-electron chi connectivity index (χ2n) is 6.67. The second kappa shape index (κ2) is 7.82. The zero-order chi connectivity index (χ0) is 18.8. The van der Waals surface area contributed by atoms with Crippen molar-refractivity contribution in [2.45, 2.75) is 52.5 Å². The minimum absolute atomic E-state index is 0.0618. The van der Waals surface area contributed by atoms with Crippen molar-refractivity contribution in [3.05, 3.63) is 39.1 Å². The average Bonchev–Trinajstić information content (AvgIpc) is 2.87. The zero-order valence-corrected chi connectivity index (χ0v) is 17.0. The Morgan fingerprint density at radius 1 is 1.31 bits per heavy atom. The molecule has 1 atom stereocenters. The third kappa shape index (κ3) is 3.39. The number of nitrogens with zero attached hydrogens (tertiary/aromatic N) is 1. The van der Waals surface area contributed by atoms with Crippen molar-refractivity contribution in [2.24, 2.45) is 0 Å². The van der Waals surface area contributed by atoms with Gasteiger partial charge in [-0.3, -0.25) is 4.79 Å². The predicted octanol–water partition coefficient (Wildman–Crippen LogP) is 4.60. The maximum absolute atomic E-state index is 13.2. The molecule has 1 unspecified atom stereocenters. The Hall–Kier alpha value is -1.82. The zero-order valence-electron chi connectivity index (χ0n) is 15.4. The van der Waals surface area contributed by atoms with Crippen LogP contribution >= 0.6 is 15.9 Å². The van der Waals surface area contributed by atoms with Crippen LogP contribution in [-0.2, 0) is 20.7 Å². The summed E-state index contributed by atoms with van der Waals surface area (Å²) in [5.41, 5.74) is 3.50.